The fourth-order valence-electron chi connectivity index (χ4n) is 2.12. The van der Waals surface area contributed by atoms with Crippen molar-refractivity contribution >= 4 is 23.2 Å². The van der Waals surface area contributed by atoms with Crippen LogP contribution in [0.1, 0.15) is 25.7 Å². The number of nitrogens with one attached hydrogen (secondary N) is 2. The number of carbonyl (C=O) groups excluding carboxylic acids is 2. The van der Waals surface area contributed by atoms with Gasteiger partial charge in [-0.1, -0.05) is 24.3 Å². The van der Waals surface area contributed by atoms with Gasteiger partial charge in [0.25, 0.3) is 0 Å². The summed E-state index contributed by atoms with van der Waals surface area (Å²) in [6.45, 7) is 0. The average molecular weight is 332 g/mol. The second-order valence-corrected chi connectivity index (χ2v) is 5.26. The van der Waals surface area contributed by atoms with Gasteiger partial charge in [0, 0.05) is 12.8 Å². The predicted octanol–water partition coefficient (Wildman–Crippen LogP) is 4.10. The van der Waals surface area contributed by atoms with Crippen LogP contribution < -0.4 is 10.6 Å². The van der Waals surface area contributed by atoms with Gasteiger partial charge in [0.05, 0.1) is 11.4 Å². The molecule has 0 spiro atoms. The standard InChI is InChI=1S/C18H18F2N2O2/c19-13-7-1-3-9-15(13)21-17(23)11-5-6-12-18(24)22-16-10-4-2-8-14(16)20/h1-4,7-10H,5-6,11-12H2,(H,21,23)(H,22,24). The maximum Gasteiger partial charge on any atom is 0.224 e. The van der Waals surface area contributed by atoms with Crippen LogP contribution in [0.4, 0.5) is 20.2 Å². The van der Waals surface area contributed by atoms with Gasteiger partial charge in [-0.25, -0.2) is 8.78 Å². The van der Waals surface area contributed by atoms with E-state index in [0.717, 1.165) is 0 Å². The summed E-state index contributed by atoms with van der Waals surface area (Å²) >= 11 is 0. The number of amides is 2. The van der Waals surface area contributed by atoms with Gasteiger partial charge in [-0.15, -0.1) is 0 Å². The van der Waals surface area contributed by atoms with Crippen molar-refractivity contribution < 1.29 is 18.4 Å². The molecule has 0 fully saturated rings. The molecular formula is C18H18F2N2O2. The van der Waals surface area contributed by atoms with Crippen LogP contribution in [0.15, 0.2) is 48.5 Å². The van der Waals surface area contributed by atoms with Gasteiger partial charge in [-0.05, 0) is 37.1 Å². The molecule has 0 atom stereocenters. The SMILES string of the molecule is O=C(CCCCC(=O)Nc1ccccc1F)Nc1ccccc1F. The number of benzene rings is 2. The summed E-state index contributed by atoms with van der Waals surface area (Å²) in [7, 11) is 0. The van der Waals surface area contributed by atoms with Crippen LogP contribution in [0, 0.1) is 11.6 Å². The quantitative estimate of drug-likeness (QED) is 0.750. The van der Waals surface area contributed by atoms with Gasteiger partial charge in [0.2, 0.25) is 11.8 Å². The summed E-state index contributed by atoms with van der Waals surface area (Å²) < 4.78 is 26.8. The van der Waals surface area contributed by atoms with Crippen molar-refractivity contribution in [3.05, 3.63) is 60.2 Å². The highest BCUT2D eigenvalue weighted by molar-refractivity contribution is 5.91. The van der Waals surface area contributed by atoms with E-state index in [4.69, 9.17) is 0 Å². The summed E-state index contributed by atoms with van der Waals surface area (Å²) in [5.74, 6) is -1.60. The second-order valence-electron chi connectivity index (χ2n) is 5.26. The van der Waals surface area contributed by atoms with Gasteiger partial charge in [0.15, 0.2) is 0 Å². The van der Waals surface area contributed by atoms with E-state index in [-0.39, 0.29) is 36.0 Å². The molecular weight excluding hydrogens is 314 g/mol. The number of halogens is 2. The molecule has 2 N–H and O–H groups in total. The lowest BCUT2D eigenvalue weighted by Crippen LogP contribution is -2.14. The lowest BCUT2D eigenvalue weighted by Gasteiger charge is -2.07. The van der Waals surface area contributed by atoms with Gasteiger partial charge in [-0.2, -0.15) is 0 Å². The van der Waals surface area contributed by atoms with E-state index in [1.54, 1.807) is 24.3 Å². The molecule has 2 rings (SSSR count). The highest BCUT2D eigenvalue weighted by Gasteiger charge is 2.08. The topological polar surface area (TPSA) is 58.2 Å². The third-order valence-corrected chi connectivity index (χ3v) is 3.35. The fourth-order valence-corrected chi connectivity index (χ4v) is 2.12. The largest absolute Gasteiger partial charge is 0.324 e. The molecule has 4 nitrogen and oxygen atoms in total. The van der Waals surface area contributed by atoms with E-state index >= 15 is 0 Å². The van der Waals surface area contributed by atoms with Gasteiger partial charge >= 0.3 is 0 Å². The second kappa shape index (κ2) is 8.76. The number of rotatable bonds is 7. The molecule has 0 heterocycles. The molecule has 126 valence electrons. The zero-order valence-corrected chi connectivity index (χ0v) is 13.0. The van der Waals surface area contributed by atoms with E-state index in [0.29, 0.717) is 12.8 Å². The molecule has 0 radical (unpaired) electrons. The van der Waals surface area contributed by atoms with Crippen molar-refractivity contribution in [3.63, 3.8) is 0 Å². The zero-order chi connectivity index (χ0) is 17.4. The molecule has 2 aromatic rings. The first kappa shape index (κ1) is 17.6. The van der Waals surface area contributed by atoms with Crippen molar-refractivity contribution in [1.29, 1.82) is 0 Å². The third-order valence-electron chi connectivity index (χ3n) is 3.35. The normalized spacial score (nSPS) is 10.2. The molecule has 6 heteroatoms. The Morgan fingerprint density at radius 3 is 1.46 bits per heavy atom. The summed E-state index contributed by atoms with van der Waals surface area (Å²) in [5.41, 5.74) is 0.277. The fraction of sp³-hybridized carbons (Fsp3) is 0.222. The number of anilines is 2. The molecule has 0 saturated heterocycles. The molecule has 2 amide bonds. The van der Waals surface area contributed by atoms with Gasteiger partial charge < -0.3 is 10.6 Å². The average Bonchev–Trinajstić information content (AvgIpc) is 2.56. The minimum atomic E-state index is -0.491. The lowest BCUT2D eigenvalue weighted by atomic mass is 10.1. The van der Waals surface area contributed by atoms with Crippen LogP contribution in [0.3, 0.4) is 0 Å². The van der Waals surface area contributed by atoms with Crippen LogP contribution >= 0.6 is 0 Å². The third kappa shape index (κ3) is 5.46. The van der Waals surface area contributed by atoms with E-state index in [2.05, 4.69) is 10.6 Å². The molecule has 0 unspecified atom stereocenters. The number of para-hydroxylation sites is 2. The Balaban J connectivity index is 1.67. The molecule has 0 bridgehead atoms. The molecule has 2 aromatic carbocycles. The Bertz CT molecular complexity index is 658. The highest BCUT2D eigenvalue weighted by Crippen LogP contribution is 2.15. The molecule has 0 aliphatic carbocycles. The van der Waals surface area contributed by atoms with Crippen molar-refractivity contribution in [2.75, 3.05) is 10.6 Å². The zero-order valence-electron chi connectivity index (χ0n) is 13.0. The lowest BCUT2D eigenvalue weighted by molar-refractivity contribution is -0.118. The van der Waals surface area contributed by atoms with E-state index < -0.39 is 11.6 Å². The summed E-state index contributed by atoms with van der Waals surface area (Å²) in [6.07, 6.45) is 1.32. The highest BCUT2D eigenvalue weighted by atomic mass is 19.1. The first-order valence-corrected chi connectivity index (χ1v) is 7.65. The minimum Gasteiger partial charge on any atom is -0.324 e. The smallest absolute Gasteiger partial charge is 0.224 e. The number of carbonyl (C=O) groups is 2. The summed E-state index contributed by atoms with van der Waals surface area (Å²) in [5, 5.41) is 4.96. The Labute approximate surface area is 138 Å². The van der Waals surface area contributed by atoms with Crippen LogP contribution in [-0.2, 0) is 9.59 Å². The maximum absolute atomic E-state index is 13.4. The van der Waals surface area contributed by atoms with Crippen LogP contribution in [0.5, 0.6) is 0 Å². The Hall–Kier alpha value is -2.76. The van der Waals surface area contributed by atoms with Crippen LogP contribution in [-0.4, -0.2) is 11.8 Å². The Kier molecular flexibility index (Phi) is 6.42. The summed E-state index contributed by atoms with van der Waals surface area (Å²) in [4.78, 5) is 23.4. The Morgan fingerprint density at radius 1 is 0.708 bits per heavy atom. The molecule has 0 aliphatic heterocycles. The van der Waals surface area contributed by atoms with Crippen molar-refractivity contribution in [2.45, 2.75) is 25.7 Å². The maximum atomic E-state index is 13.4. The predicted molar refractivity (Wildman–Crippen MR) is 88.5 cm³/mol. The first-order chi connectivity index (χ1) is 11.6. The van der Waals surface area contributed by atoms with Crippen molar-refractivity contribution in [1.82, 2.24) is 0 Å². The first-order valence-electron chi connectivity index (χ1n) is 7.65. The molecule has 0 saturated carbocycles. The molecule has 24 heavy (non-hydrogen) atoms. The van der Waals surface area contributed by atoms with Crippen LogP contribution in [0.25, 0.3) is 0 Å². The van der Waals surface area contributed by atoms with Gasteiger partial charge in [0.1, 0.15) is 11.6 Å². The minimum absolute atomic E-state index is 0.139. The number of hydrogen-bond acceptors (Lipinski definition) is 2. The number of unbranched alkanes of at least 4 members (excludes halogenated alkanes) is 1. The number of hydrogen-bond donors (Lipinski definition) is 2. The van der Waals surface area contributed by atoms with Crippen LogP contribution in [0.2, 0.25) is 0 Å². The monoisotopic (exact) mass is 332 g/mol. The Morgan fingerprint density at radius 2 is 1.08 bits per heavy atom. The van der Waals surface area contributed by atoms with E-state index in [9.17, 15) is 18.4 Å². The van der Waals surface area contributed by atoms with Gasteiger partial charge in [-0.3, -0.25) is 9.59 Å². The van der Waals surface area contributed by atoms with Crippen molar-refractivity contribution in [3.8, 4) is 0 Å². The molecule has 0 aromatic heterocycles. The van der Waals surface area contributed by atoms with E-state index in [1.807, 2.05) is 0 Å². The van der Waals surface area contributed by atoms with Crippen molar-refractivity contribution in [2.24, 2.45) is 0 Å². The summed E-state index contributed by atoms with van der Waals surface area (Å²) in [6, 6.07) is 11.8. The van der Waals surface area contributed by atoms with E-state index in [1.165, 1.54) is 24.3 Å². The molecule has 0 aliphatic rings.